The second-order valence-electron chi connectivity index (χ2n) is 2.94. The second kappa shape index (κ2) is 3.85. The molecule has 3 nitrogen and oxygen atoms in total. The van der Waals surface area contributed by atoms with E-state index in [1.54, 1.807) is 12.1 Å². The van der Waals surface area contributed by atoms with Crippen LogP contribution in [-0.4, -0.2) is 10.2 Å². The number of phenolic OH excluding ortho intramolecular Hbond substituents is 2. The number of ether oxygens (including phenoxy) is 1. The van der Waals surface area contributed by atoms with E-state index in [2.05, 4.69) is 0 Å². The van der Waals surface area contributed by atoms with Crippen molar-refractivity contribution >= 4 is 0 Å². The Morgan fingerprint density at radius 2 is 2.00 bits per heavy atom. The van der Waals surface area contributed by atoms with Gasteiger partial charge in [-0.05, 0) is 31.6 Å². The van der Waals surface area contributed by atoms with E-state index in [-0.39, 0.29) is 17.2 Å². The molecule has 13 heavy (non-hydrogen) atoms. The number of benzene rings is 1. The largest absolute Gasteiger partial charge is 0.504 e. The number of rotatable bonds is 2. The van der Waals surface area contributed by atoms with Gasteiger partial charge in [0, 0.05) is 0 Å². The fourth-order valence-electron chi connectivity index (χ4n) is 0.787. The number of para-hydroxylation sites is 1. The number of hydrogen-bond acceptors (Lipinski definition) is 3. The van der Waals surface area contributed by atoms with Crippen molar-refractivity contribution in [2.45, 2.75) is 13.8 Å². The van der Waals surface area contributed by atoms with Gasteiger partial charge in [0.25, 0.3) is 0 Å². The first-order valence-electron chi connectivity index (χ1n) is 3.92. The summed E-state index contributed by atoms with van der Waals surface area (Å²) in [6.07, 6.45) is 1.51. The van der Waals surface area contributed by atoms with Crippen LogP contribution in [0.15, 0.2) is 30.0 Å². The Kier molecular flexibility index (Phi) is 2.80. The summed E-state index contributed by atoms with van der Waals surface area (Å²) in [5.74, 6) is -0.166. The monoisotopic (exact) mass is 180 g/mol. The van der Waals surface area contributed by atoms with E-state index in [1.165, 1.54) is 12.3 Å². The van der Waals surface area contributed by atoms with Gasteiger partial charge in [0.2, 0.25) is 5.75 Å². The highest BCUT2D eigenvalue weighted by molar-refractivity contribution is 5.49. The number of allylic oxidation sites excluding steroid dienone is 1. The van der Waals surface area contributed by atoms with Crippen LogP contribution in [0.2, 0.25) is 0 Å². The van der Waals surface area contributed by atoms with Crippen LogP contribution >= 0.6 is 0 Å². The predicted molar refractivity (Wildman–Crippen MR) is 49.8 cm³/mol. The maximum absolute atomic E-state index is 9.31. The lowest BCUT2D eigenvalue weighted by molar-refractivity contribution is 0.371. The molecule has 0 aliphatic carbocycles. The Morgan fingerprint density at radius 3 is 2.62 bits per heavy atom. The Morgan fingerprint density at radius 1 is 1.31 bits per heavy atom. The first kappa shape index (κ1) is 9.45. The van der Waals surface area contributed by atoms with Gasteiger partial charge in [0.1, 0.15) is 0 Å². The minimum Gasteiger partial charge on any atom is -0.504 e. The molecule has 0 radical (unpaired) electrons. The van der Waals surface area contributed by atoms with Gasteiger partial charge in [-0.3, -0.25) is 0 Å². The van der Waals surface area contributed by atoms with Gasteiger partial charge < -0.3 is 14.9 Å². The lowest BCUT2D eigenvalue weighted by Crippen LogP contribution is -1.84. The van der Waals surface area contributed by atoms with E-state index in [0.717, 1.165) is 5.57 Å². The summed E-state index contributed by atoms with van der Waals surface area (Å²) in [5.41, 5.74) is 0.975. The number of aromatic hydroxyl groups is 2. The average molecular weight is 180 g/mol. The maximum atomic E-state index is 9.31. The lowest BCUT2D eigenvalue weighted by Gasteiger charge is -2.04. The highest BCUT2D eigenvalue weighted by atomic mass is 16.5. The molecule has 3 heteroatoms. The minimum atomic E-state index is -0.236. The fraction of sp³-hybridized carbons (Fsp3) is 0.200. The van der Waals surface area contributed by atoms with Crippen LogP contribution in [0.5, 0.6) is 17.2 Å². The van der Waals surface area contributed by atoms with Crippen molar-refractivity contribution in [1.29, 1.82) is 0 Å². The van der Waals surface area contributed by atoms with Gasteiger partial charge in [0.05, 0.1) is 6.26 Å². The van der Waals surface area contributed by atoms with E-state index in [1.807, 2.05) is 13.8 Å². The highest BCUT2D eigenvalue weighted by Gasteiger charge is 2.04. The van der Waals surface area contributed by atoms with Gasteiger partial charge in [-0.2, -0.15) is 0 Å². The zero-order valence-corrected chi connectivity index (χ0v) is 7.61. The minimum absolute atomic E-state index is 0.181. The molecule has 0 saturated carbocycles. The van der Waals surface area contributed by atoms with E-state index in [4.69, 9.17) is 9.84 Å². The molecule has 0 saturated heterocycles. The fourth-order valence-corrected chi connectivity index (χ4v) is 0.787. The molecule has 0 bridgehead atoms. The molecular formula is C10H12O3. The Balaban J connectivity index is 2.89. The zero-order valence-electron chi connectivity index (χ0n) is 7.61. The van der Waals surface area contributed by atoms with Crippen molar-refractivity contribution in [1.82, 2.24) is 0 Å². The molecule has 1 aromatic carbocycles. The van der Waals surface area contributed by atoms with Crippen molar-refractivity contribution in [3.05, 3.63) is 30.0 Å². The van der Waals surface area contributed by atoms with Crippen molar-refractivity contribution in [3.63, 3.8) is 0 Å². The molecule has 1 rings (SSSR count). The highest BCUT2D eigenvalue weighted by Crippen LogP contribution is 2.34. The van der Waals surface area contributed by atoms with E-state index in [9.17, 15) is 5.11 Å². The first-order chi connectivity index (χ1) is 6.11. The smallest absolute Gasteiger partial charge is 0.201 e. The third kappa shape index (κ3) is 2.40. The molecule has 0 atom stereocenters. The van der Waals surface area contributed by atoms with E-state index in [0.29, 0.717) is 0 Å². The number of phenols is 2. The van der Waals surface area contributed by atoms with Crippen LogP contribution in [0.4, 0.5) is 0 Å². The summed E-state index contributed by atoms with van der Waals surface area (Å²) >= 11 is 0. The quantitative estimate of drug-likeness (QED) is 0.542. The number of hydrogen-bond donors (Lipinski definition) is 2. The third-order valence-electron chi connectivity index (χ3n) is 1.40. The molecule has 0 heterocycles. The maximum Gasteiger partial charge on any atom is 0.201 e. The molecular weight excluding hydrogens is 168 g/mol. The summed E-state index contributed by atoms with van der Waals surface area (Å²) in [4.78, 5) is 0. The molecule has 0 aliphatic heterocycles. The molecule has 0 aromatic heterocycles. The second-order valence-corrected chi connectivity index (χ2v) is 2.94. The SMILES string of the molecule is CC(C)=COc1cccc(O)c1O. The Hall–Kier alpha value is -1.64. The zero-order chi connectivity index (χ0) is 9.84. The van der Waals surface area contributed by atoms with Crippen LogP contribution in [0.25, 0.3) is 0 Å². The predicted octanol–water partition coefficient (Wildman–Crippen LogP) is 2.40. The topological polar surface area (TPSA) is 49.7 Å². The van der Waals surface area contributed by atoms with Crippen molar-refractivity contribution in [2.24, 2.45) is 0 Å². The molecule has 0 amide bonds. The van der Waals surface area contributed by atoms with Crippen LogP contribution in [0, 0.1) is 0 Å². The first-order valence-corrected chi connectivity index (χ1v) is 3.92. The molecule has 0 spiro atoms. The standard InChI is InChI=1S/C10H12O3/c1-7(2)6-13-9-5-3-4-8(11)10(9)12/h3-6,11-12H,1-2H3. The Bertz CT molecular complexity index is 325. The van der Waals surface area contributed by atoms with Crippen molar-refractivity contribution in [2.75, 3.05) is 0 Å². The van der Waals surface area contributed by atoms with Crippen molar-refractivity contribution in [3.8, 4) is 17.2 Å². The van der Waals surface area contributed by atoms with Crippen LogP contribution in [0.3, 0.4) is 0 Å². The van der Waals surface area contributed by atoms with Gasteiger partial charge in [-0.1, -0.05) is 6.07 Å². The molecule has 1 aromatic rings. The van der Waals surface area contributed by atoms with Gasteiger partial charge in [0.15, 0.2) is 11.5 Å². The van der Waals surface area contributed by atoms with E-state index < -0.39 is 0 Å². The third-order valence-corrected chi connectivity index (χ3v) is 1.40. The van der Waals surface area contributed by atoms with Crippen LogP contribution in [0.1, 0.15) is 13.8 Å². The van der Waals surface area contributed by atoms with Crippen LogP contribution < -0.4 is 4.74 Å². The molecule has 0 unspecified atom stereocenters. The Labute approximate surface area is 76.9 Å². The normalized spacial score (nSPS) is 9.38. The lowest BCUT2D eigenvalue weighted by atomic mass is 10.3. The molecule has 70 valence electrons. The molecule has 2 N–H and O–H groups in total. The van der Waals surface area contributed by atoms with E-state index >= 15 is 0 Å². The average Bonchev–Trinajstić information content (AvgIpc) is 2.07. The molecule has 0 aliphatic rings. The van der Waals surface area contributed by atoms with Gasteiger partial charge in [-0.15, -0.1) is 0 Å². The van der Waals surface area contributed by atoms with Gasteiger partial charge >= 0.3 is 0 Å². The summed E-state index contributed by atoms with van der Waals surface area (Å²) in [7, 11) is 0. The van der Waals surface area contributed by atoms with Gasteiger partial charge in [-0.25, -0.2) is 0 Å². The summed E-state index contributed by atoms with van der Waals surface area (Å²) < 4.78 is 5.11. The summed E-state index contributed by atoms with van der Waals surface area (Å²) in [5, 5.41) is 18.4. The summed E-state index contributed by atoms with van der Waals surface area (Å²) in [6, 6.07) is 4.57. The van der Waals surface area contributed by atoms with Crippen LogP contribution in [-0.2, 0) is 0 Å². The van der Waals surface area contributed by atoms with Crippen molar-refractivity contribution < 1.29 is 14.9 Å². The summed E-state index contributed by atoms with van der Waals surface area (Å²) in [6.45, 7) is 3.75. The molecule has 0 fully saturated rings.